The average molecular weight is 215 g/mol. The van der Waals surface area contributed by atoms with Gasteiger partial charge in [0.15, 0.2) is 0 Å². The van der Waals surface area contributed by atoms with Gasteiger partial charge in [0.1, 0.15) is 0 Å². The fraction of sp³-hybridized carbons (Fsp3) is 1.00. The Kier molecular flexibility index (Phi) is 6.53. The van der Waals surface area contributed by atoms with Crippen LogP contribution in [0.4, 0.5) is 0 Å². The minimum atomic E-state index is -0.421. The second-order valence-corrected chi connectivity index (χ2v) is 4.82. The average Bonchev–Trinajstić information content (AvgIpc) is 2.22. The Morgan fingerprint density at radius 1 is 1.20 bits per heavy atom. The first-order chi connectivity index (χ1) is 6.98. The highest BCUT2D eigenvalue weighted by atomic mass is 16.6. The van der Waals surface area contributed by atoms with E-state index in [4.69, 9.17) is 0 Å². The van der Waals surface area contributed by atoms with Crippen molar-refractivity contribution in [2.24, 2.45) is 5.41 Å². The maximum atomic E-state index is 10.9. The molecule has 0 aromatic rings. The highest BCUT2D eigenvalue weighted by molar-refractivity contribution is 4.80. The molecule has 0 bridgehead atoms. The van der Waals surface area contributed by atoms with Gasteiger partial charge in [0.05, 0.1) is 0 Å². The largest absolute Gasteiger partial charge is 0.264 e. The minimum absolute atomic E-state index is 0.116. The molecule has 3 heteroatoms. The van der Waals surface area contributed by atoms with Gasteiger partial charge in [-0.25, -0.2) is 0 Å². The second kappa shape index (κ2) is 6.81. The fourth-order valence-corrected chi connectivity index (χ4v) is 1.96. The molecular weight excluding hydrogens is 190 g/mol. The van der Waals surface area contributed by atoms with Gasteiger partial charge in [0.2, 0.25) is 6.04 Å². The van der Waals surface area contributed by atoms with Gasteiger partial charge in [-0.05, 0) is 12.8 Å². The molecule has 3 nitrogen and oxygen atoms in total. The first-order valence-corrected chi connectivity index (χ1v) is 6.11. The van der Waals surface area contributed by atoms with E-state index in [0.29, 0.717) is 0 Å². The lowest BCUT2D eigenvalue weighted by Crippen LogP contribution is -2.36. The third-order valence-electron chi connectivity index (χ3n) is 3.53. The maximum absolute atomic E-state index is 10.9. The lowest BCUT2D eigenvalue weighted by atomic mass is 9.75. The normalized spacial score (nSPS) is 13.9. The molecule has 0 spiro atoms. The summed E-state index contributed by atoms with van der Waals surface area (Å²) in [6.45, 7) is 8.10. The first-order valence-electron chi connectivity index (χ1n) is 6.11. The summed E-state index contributed by atoms with van der Waals surface area (Å²) < 4.78 is 0. The summed E-state index contributed by atoms with van der Waals surface area (Å²) in [4.78, 5) is 10.8. The van der Waals surface area contributed by atoms with E-state index in [-0.39, 0.29) is 10.3 Å². The molecule has 0 aliphatic rings. The van der Waals surface area contributed by atoms with Gasteiger partial charge in [-0.15, -0.1) is 0 Å². The Labute approximate surface area is 93.4 Å². The van der Waals surface area contributed by atoms with Gasteiger partial charge in [-0.3, -0.25) is 10.1 Å². The lowest BCUT2D eigenvalue weighted by molar-refractivity contribution is -0.538. The molecular formula is C12H25NO2. The quantitative estimate of drug-likeness (QED) is 0.453. The van der Waals surface area contributed by atoms with E-state index < -0.39 is 6.04 Å². The van der Waals surface area contributed by atoms with Gasteiger partial charge in [0, 0.05) is 17.3 Å². The molecule has 0 aromatic carbocycles. The SMILES string of the molecule is CCCCC(C)(CCCC)C(C)[N+](=O)[O-]. The van der Waals surface area contributed by atoms with Gasteiger partial charge in [-0.2, -0.15) is 0 Å². The van der Waals surface area contributed by atoms with Crippen LogP contribution in [0.25, 0.3) is 0 Å². The number of rotatable bonds is 8. The van der Waals surface area contributed by atoms with Crippen molar-refractivity contribution in [2.45, 2.75) is 72.3 Å². The molecule has 0 N–H and O–H groups in total. The molecule has 15 heavy (non-hydrogen) atoms. The van der Waals surface area contributed by atoms with Crippen LogP contribution in [-0.4, -0.2) is 11.0 Å². The maximum Gasteiger partial charge on any atom is 0.215 e. The predicted octanol–water partition coefficient (Wildman–Crippen LogP) is 4.04. The Hall–Kier alpha value is -0.600. The fourth-order valence-electron chi connectivity index (χ4n) is 1.96. The number of nitro groups is 1. The summed E-state index contributed by atoms with van der Waals surface area (Å²) >= 11 is 0. The molecule has 0 saturated heterocycles. The van der Waals surface area contributed by atoms with E-state index in [1.54, 1.807) is 6.92 Å². The lowest BCUT2D eigenvalue weighted by Gasteiger charge is -2.30. The third-order valence-corrected chi connectivity index (χ3v) is 3.53. The first kappa shape index (κ1) is 14.4. The van der Waals surface area contributed by atoms with E-state index in [0.717, 1.165) is 38.5 Å². The van der Waals surface area contributed by atoms with E-state index in [1.165, 1.54) is 0 Å². The Bertz CT molecular complexity index is 184. The van der Waals surface area contributed by atoms with E-state index in [1.807, 2.05) is 0 Å². The summed E-state index contributed by atoms with van der Waals surface area (Å²) in [6, 6.07) is -0.421. The van der Waals surface area contributed by atoms with E-state index in [2.05, 4.69) is 20.8 Å². The molecule has 0 fully saturated rings. The topological polar surface area (TPSA) is 43.1 Å². The standard InChI is InChI=1S/C12H25NO2/c1-5-7-9-12(4,10-8-6-2)11(3)13(14)15/h11H,5-10H2,1-4H3. The summed E-state index contributed by atoms with van der Waals surface area (Å²) in [5.41, 5.74) is -0.116. The molecule has 0 aliphatic heterocycles. The van der Waals surface area contributed by atoms with Crippen molar-refractivity contribution < 1.29 is 4.92 Å². The molecule has 1 atom stereocenters. The molecule has 0 rings (SSSR count). The molecule has 1 unspecified atom stereocenters. The molecule has 0 amide bonds. The number of nitrogens with zero attached hydrogens (tertiary/aromatic N) is 1. The molecule has 0 heterocycles. The van der Waals surface area contributed by atoms with Crippen molar-refractivity contribution in [1.82, 2.24) is 0 Å². The van der Waals surface area contributed by atoms with Gasteiger partial charge in [0.25, 0.3) is 0 Å². The number of hydrogen-bond acceptors (Lipinski definition) is 2. The summed E-state index contributed by atoms with van der Waals surface area (Å²) in [7, 11) is 0. The van der Waals surface area contributed by atoms with Crippen molar-refractivity contribution in [3.8, 4) is 0 Å². The zero-order valence-corrected chi connectivity index (χ0v) is 10.6. The summed E-state index contributed by atoms with van der Waals surface area (Å²) in [6.07, 6.45) is 6.38. The molecule has 0 saturated carbocycles. The molecule has 0 aromatic heterocycles. The van der Waals surface area contributed by atoms with Crippen LogP contribution in [0.5, 0.6) is 0 Å². The van der Waals surface area contributed by atoms with Crippen molar-refractivity contribution in [1.29, 1.82) is 0 Å². The predicted molar refractivity (Wildman–Crippen MR) is 63.6 cm³/mol. The highest BCUT2D eigenvalue weighted by Crippen LogP contribution is 2.35. The van der Waals surface area contributed by atoms with Gasteiger partial charge >= 0.3 is 0 Å². The van der Waals surface area contributed by atoms with Crippen molar-refractivity contribution in [3.63, 3.8) is 0 Å². The smallest absolute Gasteiger partial charge is 0.215 e. The van der Waals surface area contributed by atoms with Gasteiger partial charge < -0.3 is 0 Å². The van der Waals surface area contributed by atoms with Crippen molar-refractivity contribution >= 4 is 0 Å². The summed E-state index contributed by atoms with van der Waals surface area (Å²) in [5.74, 6) is 0. The highest BCUT2D eigenvalue weighted by Gasteiger charge is 2.37. The van der Waals surface area contributed by atoms with Crippen molar-refractivity contribution in [2.75, 3.05) is 0 Å². The molecule has 0 aliphatic carbocycles. The van der Waals surface area contributed by atoms with E-state index in [9.17, 15) is 10.1 Å². The van der Waals surface area contributed by atoms with Crippen LogP contribution in [0.1, 0.15) is 66.2 Å². The third kappa shape index (κ3) is 4.63. The minimum Gasteiger partial charge on any atom is -0.264 e. The van der Waals surface area contributed by atoms with E-state index >= 15 is 0 Å². The Balaban J connectivity index is 4.44. The molecule has 0 radical (unpaired) electrons. The van der Waals surface area contributed by atoms with Crippen LogP contribution in [0.3, 0.4) is 0 Å². The molecule has 90 valence electrons. The monoisotopic (exact) mass is 215 g/mol. The van der Waals surface area contributed by atoms with Crippen LogP contribution in [0.2, 0.25) is 0 Å². The van der Waals surface area contributed by atoms with Crippen LogP contribution in [0, 0.1) is 15.5 Å². The van der Waals surface area contributed by atoms with Crippen LogP contribution in [0.15, 0.2) is 0 Å². The zero-order valence-electron chi connectivity index (χ0n) is 10.6. The summed E-state index contributed by atoms with van der Waals surface area (Å²) in [5, 5.41) is 10.9. The second-order valence-electron chi connectivity index (χ2n) is 4.82. The Morgan fingerprint density at radius 2 is 1.60 bits per heavy atom. The Morgan fingerprint density at radius 3 is 1.87 bits per heavy atom. The van der Waals surface area contributed by atoms with Crippen LogP contribution in [-0.2, 0) is 0 Å². The number of hydrogen-bond donors (Lipinski definition) is 0. The van der Waals surface area contributed by atoms with Crippen LogP contribution >= 0.6 is 0 Å². The van der Waals surface area contributed by atoms with Crippen LogP contribution < -0.4 is 0 Å². The number of unbranched alkanes of at least 4 members (excludes halogenated alkanes) is 2. The zero-order chi connectivity index (χ0) is 11.9. The van der Waals surface area contributed by atoms with Gasteiger partial charge in [-0.1, -0.05) is 46.5 Å². The van der Waals surface area contributed by atoms with Crippen molar-refractivity contribution in [3.05, 3.63) is 10.1 Å².